The Balaban J connectivity index is 2.24. The number of hydrogen-bond donors (Lipinski definition) is 1. The van der Waals surface area contributed by atoms with Crippen molar-refractivity contribution in [1.29, 1.82) is 0 Å². The van der Waals surface area contributed by atoms with Crippen molar-refractivity contribution in [1.82, 2.24) is 14.5 Å². The van der Waals surface area contributed by atoms with Crippen LogP contribution in [0.1, 0.15) is 26.7 Å². The fraction of sp³-hybridized carbons (Fsp3) is 0.500. The van der Waals surface area contributed by atoms with Gasteiger partial charge in [0.05, 0.1) is 0 Å². The average Bonchev–Trinajstić information content (AvgIpc) is 2.54. The minimum absolute atomic E-state index is 0.550. The van der Waals surface area contributed by atoms with Gasteiger partial charge >= 0.3 is 0 Å². The minimum Gasteiger partial charge on any atom is -0.369 e. The second-order valence-electron chi connectivity index (χ2n) is 4.65. The van der Waals surface area contributed by atoms with Gasteiger partial charge in [-0.3, -0.25) is 4.57 Å². The quantitative estimate of drug-likeness (QED) is 0.942. The predicted octanol–water partition coefficient (Wildman–Crippen LogP) is 3.21. The van der Waals surface area contributed by atoms with E-state index in [1.807, 2.05) is 10.6 Å². The zero-order valence-electron chi connectivity index (χ0n) is 10.2. The van der Waals surface area contributed by atoms with Crippen molar-refractivity contribution in [3.8, 4) is 0 Å². The number of hydrogen-bond acceptors (Lipinski definition) is 3. The SMILES string of the molecule is CC(C)CCCn1c(N)nc2cc(Br)cnc21. The Morgan fingerprint density at radius 1 is 1.47 bits per heavy atom. The molecule has 0 atom stereocenters. The summed E-state index contributed by atoms with van der Waals surface area (Å²) in [7, 11) is 0. The summed E-state index contributed by atoms with van der Waals surface area (Å²) in [5, 5.41) is 0. The van der Waals surface area contributed by atoms with Gasteiger partial charge in [-0.15, -0.1) is 0 Å². The standard InChI is InChI=1S/C12H17BrN4/c1-8(2)4-3-5-17-11-10(16-12(17)14)6-9(13)7-15-11/h6-8H,3-5H2,1-2H3,(H2,14,16). The maximum atomic E-state index is 5.92. The lowest BCUT2D eigenvalue weighted by atomic mass is 10.1. The maximum absolute atomic E-state index is 5.92. The van der Waals surface area contributed by atoms with E-state index in [0.717, 1.165) is 28.6 Å². The number of pyridine rings is 1. The zero-order chi connectivity index (χ0) is 12.4. The zero-order valence-corrected chi connectivity index (χ0v) is 11.7. The van der Waals surface area contributed by atoms with Crippen LogP contribution in [0.15, 0.2) is 16.7 Å². The summed E-state index contributed by atoms with van der Waals surface area (Å²) in [4.78, 5) is 8.69. The van der Waals surface area contributed by atoms with Gasteiger partial charge in [-0.05, 0) is 40.8 Å². The second kappa shape index (κ2) is 5.04. The van der Waals surface area contributed by atoms with Crippen molar-refractivity contribution in [3.05, 3.63) is 16.7 Å². The van der Waals surface area contributed by atoms with Crippen LogP contribution < -0.4 is 5.73 Å². The molecule has 5 heteroatoms. The molecule has 0 aliphatic heterocycles. The highest BCUT2D eigenvalue weighted by Gasteiger charge is 2.09. The first-order valence-corrected chi connectivity index (χ1v) is 6.64. The van der Waals surface area contributed by atoms with E-state index in [-0.39, 0.29) is 0 Å². The molecular formula is C12H17BrN4. The minimum atomic E-state index is 0.550. The monoisotopic (exact) mass is 296 g/mol. The van der Waals surface area contributed by atoms with Crippen LogP contribution in [0.5, 0.6) is 0 Å². The summed E-state index contributed by atoms with van der Waals surface area (Å²) < 4.78 is 2.92. The lowest BCUT2D eigenvalue weighted by molar-refractivity contribution is 0.518. The number of imidazole rings is 1. The van der Waals surface area contributed by atoms with Gasteiger partial charge in [0.1, 0.15) is 5.52 Å². The van der Waals surface area contributed by atoms with Crippen LogP contribution >= 0.6 is 15.9 Å². The third-order valence-electron chi connectivity index (χ3n) is 2.74. The summed E-state index contributed by atoms with van der Waals surface area (Å²) in [6.07, 6.45) is 4.07. The highest BCUT2D eigenvalue weighted by molar-refractivity contribution is 9.10. The number of anilines is 1. The van der Waals surface area contributed by atoms with Crippen LogP contribution in [-0.4, -0.2) is 14.5 Å². The van der Waals surface area contributed by atoms with Crippen LogP contribution in [0.4, 0.5) is 5.95 Å². The van der Waals surface area contributed by atoms with Gasteiger partial charge in [-0.25, -0.2) is 9.97 Å². The molecule has 0 aliphatic rings. The number of aromatic nitrogens is 3. The van der Waals surface area contributed by atoms with E-state index in [4.69, 9.17) is 5.73 Å². The van der Waals surface area contributed by atoms with E-state index in [1.54, 1.807) is 6.20 Å². The number of rotatable bonds is 4. The number of halogens is 1. The Labute approximate surface area is 109 Å². The first-order valence-electron chi connectivity index (χ1n) is 5.85. The summed E-state index contributed by atoms with van der Waals surface area (Å²) in [6.45, 7) is 5.34. The lowest BCUT2D eigenvalue weighted by Gasteiger charge is -2.07. The maximum Gasteiger partial charge on any atom is 0.202 e. The molecule has 0 saturated heterocycles. The van der Waals surface area contributed by atoms with E-state index in [9.17, 15) is 0 Å². The van der Waals surface area contributed by atoms with Crippen molar-refractivity contribution in [2.24, 2.45) is 5.92 Å². The van der Waals surface area contributed by atoms with Gasteiger partial charge in [0.25, 0.3) is 0 Å². The average molecular weight is 297 g/mol. The molecule has 0 aromatic carbocycles. The second-order valence-corrected chi connectivity index (χ2v) is 5.57. The van der Waals surface area contributed by atoms with E-state index in [0.29, 0.717) is 11.9 Å². The van der Waals surface area contributed by atoms with E-state index >= 15 is 0 Å². The highest BCUT2D eigenvalue weighted by Crippen LogP contribution is 2.20. The molecular weight excluding hydrogens is 280 g/mol. The largest absolute Gasteiger partial charge is 0.369 e. The molecule has 0 fully saturated rings. The molecule has 4 nitrogen and oxygen atoms in total. The number of nitrogens with two attached hydrogens (primary N) is 1. The predicted molar refractivity (Wildman–Crippen MR) is 73.7 cm³/mol. The van der Waals surface area contributed by atoms with Gasteiger partial charge < -0.3 is 5.73 Å². The van der Waals surface area contributed by atoms with Crippen molar-refractivity contribution in [2.75, 3.05) is 5.73 Å². The van der Waals surface area contributed by atoms with Crippen LogP contribution in [0.2, 0.25) is 0 Å². The first kappa shape index (κ1) is 12.4. The number of fused-ring (bicyclic) bond motifs is 1. The number of nitrogens with zero attached hydrogens (tertiary/aromatic N) is 3. The lowest BCUT2D eigenvalue weighted by Crippen LogP contribution is -2.05. The van der Waals surface area contributed by atoms with Crippen molar-refractivity contribution < 1.29 is 0 Å². The van der Waals surface area contributed by atoms with Gasteiger partial charge in [-0.1, -0.05) is 13.8 Å². The van der Waals surface area contributed by atoms with Crippen molar-refractivity contribution >= 4 is 33.0 Å². The van der Waals surface area contributed by atoms with Gasteiger partial charge in [0.15, 0.2) is 5.65 Å². The molecule has 17 heavy (non-hydrogen) atoms. The van der Waals surface area contributed by atoms with E-state index in [1.165, 1.54) is 6.42 Å². The van der Waals surface area contributed by atoms with Gasteiger partial charge in [0.2, 0.25) is 5.95 Å². The first-order chi connectivity index (χ1) is 8.08. The fourth-order valence-electron chi connectivity index (χ4n) is 1.88. The number of nitrogen functional groups attached to an aromatic ring is 1. The molecule has 0 saturated carbocycles. The van der Waals surface area contributed by atoms with Crippen LogP contribution in [-0.2, 0) is 6.54 Å². The Morgan fingerprint density at radius 2 is 2.24 bits per heavy atom. The molecule has 92 valence electrons. The van der Waals surface area contributed by atoms with E-state index < -0.39 is 0 Å². The molecule has 2 rings (SSSR count). The molecule has 0 unspecified atom stereocenters. The molecule has 2 aromatic rings. The molecule has 0 amide bonds. The highest BCUT2D eigenvalue weighted by atomic mass is 79.9. The normalized spacial score (nSPS) is 11.5. The van der Waals surface area contributed by atoms with Crippen molar-refractivity contribution in [3.63, 3.8) is 0 Å². The number of aryl methyl sites for hydroxylation is 1. The van der Waals surface area contributed by atoms with E-state index in [2.05, 4.69) is 39.7 Å². The van der Waals surface area contributed by atoms with Crippen LogP contribution in [0, 0.1) is 5.92 Å². The van der Waals surface area contributed by atoms with Crippen LogP contribution in [0.3, 0.4) is 0 Å². The molecule has 0 spiro atoms. The molecule has 0 aliphatic carbocycles. The third-order valence-corrected chi connectivity index (χ3v) is 3.18. The third kappa shape index (κ3) is 2.77. The van der Waals surface area contributed by atoms with Crippen LogP contribution in [0.25, 0.3) is 11.2 Å². The Kier molecular flexibility index (Phi) is 3.66. The Hall–Kier alpha value is -1.10. The summed E-state index contributed by atoms with van der Waals surface area (Å²) in [6, 6.07) is 1.94. The summed E-state index contributed by atoms with van der Waals surface area (Å²) in [5.41, 5.74) is 7.64. The molecule has 2 N–H and O–H groups in total. The smallest absolute Gasteiger partial charge is 0.202 e. The molecule has 0 radical (unpaired) electrons. The Morgan fingerprint density at radius 3 is 2.94 bits per heavy atom. The summed E-state index contributed by atoms with van der Waals surface area (Å²) >= 11 is 3.39. The summed E-state index contributed by atoms with van der Waals surface area (Å²) in [5.74, 6) is 1.27. The molecule has 2 aromatic heterocycles. The van der Waals surface area contributed by atoms with Crippen molar-refractivity contribution in [2.45, 2.75) is 33.2 Å². The topological polar surface area (TPSA) is 56.7 Å². The fourth-order valence-corrected chi connectivity index (χ4v) is 2.20. The van der Waals surface area contributed by atoms with Gasteiger partial charge in [0, 0.05) is 17.2 Å². The van der Waals surface area contributed by atoms with Gasteiger partial charge in [-0.2, -0.15) is 0 Å². The Bertz CT molecular complexity index is 518. The molecule has 0 bridgehead atoms. The molecule has 2 heterocycles.